The Bertz CT molecular complexity index is 976. The Morgan fingerprint density at radius 3 is 2.41 bits per heavy atom. The predicted molar refractivity (Wildman–Crippen MR) is 87.6 cm³/mol. The zero-order chi connectivity index (χ0) is 19.8. The SMILES string of the molecule is Cc1cc(C(F)(F)F)nc(N2CCN(C(=O)c3c[nH]c(=O)[nH]c3=O)CC2)n1. The van der Waals surface area contributed by atoms with Crippen LogP contribution in [0.1, 0.15) is 21.7 Å². The smallest absolute Gasteiger partial charge is 0.337 e. The third-order valence-corrected chi connectivity index (χ3v) is 4.03. The van der Waals surface area contributed by atoms with Crippen molar-refractivity contribution >= 4 is 11.9 Å². The number of aromatic nitrogens is 4. The fourth-order valence-electron chi connectivity index (χ4n) is 2.69. The molecule has 0 unspecified atom stereocenters. The third-order valence-electron chi connectivity index (χ3n) is 4.03. The van der Waals surface area contributed by atoms with Gasteiger partial charge in [-0.25, -0.2) is 14.8 Å². The Morgan fingerprint density at radius 2 is 1.81 bits per heavy atom. The number of nitrogens with one attached hydrogen (secondary N) is 2. The quantitative estimate of drug-likeness (QED) is 0.761. The molecular formula is C15H15F3N6O3. The van der Waals surface area contributed by atoms with Crippen LogP contribution in [-0.2, 0) is 6.18 Å². The first kappa shape index (κ1) is 18.6. The van der Waals surface area contributed by atoms with Gasteiger partial charge >= 0.3 is 11.9 Å². The van der Waals surface area contributed by atoms with E-state index in [4.69, 9.17) is 0 Å². The number of hydrogen-bond donors (Lipinski definition) is 2. The molecular weight excluding hydrogens is 369 g/mol. The van der Waals surface area contributed by atoms with Crippen LogP contribution in [0.3, 0.4) is 0 Å². The van der Waals surface area contributed by atoms with Crippen LogP contribution in [0.25, 0.3) is 0 Å². The summed E-state index contributed by atoms with van der Waals surface area (Å²) in [5, 5.41) is 0. The first-order valence-electron chi connectivity index (χ1n) is 7.94. The molecule has 3 heterocycles. The molecule has 2 aromatic heterocycles. The lowest BCUT2D eigenvalue weighted by Gasteiger charge is -2.34. The summed E-state index contributed by atoms with van der Waals surface area (Å²) in [7, 11) is 0. The summed E-state index contributed by atoms with van der Waals surface area (Å²) < 4.78 is 38.8. The van der Waals surface area contributed by atoms with E-state index in [1.54, 1.807) is 4.90 Å². The standard InChI is InChI=1S/C15H15F3N6O3/c1-8-6-10(15(16,17)18)21-13(20-8)24-4-2-23(3-5-24)12(26)9-7-19-14(27)22-11(9)25/h6-7H,2-5H2,1H3,(H2,19,22,25,27). The molecule has 0 spiro atoms. The molecule has 2 N–H and O–H groups in total. The van der Waals surface area contributed by atoms with Crippen LogP contribution in [0.2, 0.25) is 0 Å². The van der Waals surface area contributed by atoms with Gasteiger partial charge in [-0.3, -0.25) is 14.6 Å². The molecule has 0 saturated carbocycles. The number of hydrogen-bond acceptors (Lipinski definition) is 6. The number of piperazine rings is 1. The minimum Gasteiger partial charge on any atom is -0.337 e. The van der Waals surface area contributed by atoms with Crippen LogP contribution in [0.4, 0.5) is 19.1 Å². The number of rotatable bonds is 2. The van der Waals surface area contributed by atoms with Crippen molar-refractivity contribution in [1.29, 1.82) is 0 Å². The highest BCUT2D eigenvalue weighted by molar-refractivity contribution is 5.93. The van der Waals surface area contributed by atoms with E-state index >= 15 is 0 Å². The molecule has 0 atom stereocenters. The van der Waals surface area contributed by atoms with Crippen molar-refractivity contribution in [2.75, 3.05) is 31.1 Å². The van der Waals surface area contributed by atoms with Crippen LogP contribution in [0.15, 0.2) is 21.9 Å². The average Bonchev–Trinajstić information content (AvgIpc) is 2.60. The van der Waals surface area contributed by atoms with E-state index in [2.05, 4.69) is 15.0 Å². The van der Waals surface area contributed by atoms with Crippen LogP contribution in [0, 0.1) is 6.92 Å². The van der Waals surface area contributed by atoms with Gasteiger partial charge in [0.2, 0.25) is 5.95 Å². The fraction of sp³-hybridized carbons (Fsp3) is 0.400. The van der Waals surface area contributed by atoms with Crippen molar-refractivity contribution < 1.29 is 18.0 Å². The molecule has 1 aliphatic heterocycles. The second kappa shape index (κ2) is 6.85. The van der Waals surface area contributed by atoms with Crippen LogP contribution < -0.4 is 16.1 Å². The molecule has 1 saturated heterocycles. The molecule has 0 aromatic carbocycles. The molecule has 144 valence electrons. The van der Waals surface area contributed by atoms with Crippen LogP contribution in [0.5, 0.6) is 0 Å². The maximum Gasteiger partial charge on any atom is 0.433 e. The van der Waals surface area contributed by atoms with Gasteiger partial charge in [-0.05, 0) is 13.0 Å². The normalized spacial score (nSPS) is 15.1. The summed E-state index contributed by atoms with van der Waals surface area (Å²) in [6.07, 6.45) is -3.54. The number of nitrogens with zero attached hydrogens (tertiary/aromatic N) is 4. The Kier molecular flexibility index (Phi) is 4.72. The van der Waals surface area contributed by atoms with E-state index in [1.807, 2.05) is 4.98 Å². The summed E-state index contributed by atoms with van der Waals surface area (Å²) in [6.45, 7) is 2.18. The number of aryl methyl sites for hydroxylation is 1. The summed E-state index contributed by atoms with van der Waals surface area (Å²) >= 11 is 0. The first-order chi connectivity index (χ1) is 12.6. The van der Waals surface area contributed by atoms with E-state index in [0.29, 0.717) is 0 Å². The van der Waals surface area contributed by atoms with Gasteiger partial charge < -0.3 is 14.8 Å². The Labute approximate surface area is 149 Å². The first-order valence-corrected chi connectivity index (χ1v) is 7.94. The van der Waals surface area contributed by atoms with Gasteiger partial charge in [0.05, 0.1) is 0 Å². The van der Waals surface area contributed by atoms with Crippen LogP contribution in [-0.4, -0.2) is 56.9 Å². The number of aromatic amines is 2. The number of carbonyl (C=O) groups is 1. The molecule has 0 aliphatic carbocycles. The predicted octanol–water partition coefficient (Wildman–Crippen LogP) is 0.143. The highest BCUT2D eigenvalue weighted by atomic mass is 19.4. The Morgan fingerprint density at radius 1 is 1.15 bits per heavy atom. The minimum absolute atomic E-state index is 0.0590. The van der Waals surface area contributed by atoms with Crippen molar-refractivity contribution in [2.24, 2.45) is 0 Å². The van der Waals surface area contributed by atoms with Crippen molar-refractivity contribution in [2.45, 2.75) is 13.1 Å². The van der Waals surface area contributed by atoms with Gasteiger partial charge in [0, 0.05) is 38.1 Å². The number of amides is 1. The number of alkyl halides is 3. The molecule has 1 aliphatic rings. The van der Waals surface area contributed by atoms with E-state index in [1.165, 1.54) is 11.8 Å². The van der Waals surface area contributed by atoms with Crippen molar-refractivity contribution in [1.82, 2.24) is 24.8 Å². The number of halogens is 3. The molecule has 2 aromatic rings. The van der Waals surface area contributed by atoms with Crippen molar-refractivity contribution in [3.05, 3.63) is 50.1 Å². The van der Waals surface area contributed by atoms with Gasteiger partial charge in [0.1, 0.15) is 11.3 Å². The molecule has 12 heteroatoms. The molecule has 0 bridgehead atoms. The van der Waals surface area contributed by atoms with Crippen molar-refractivity contribution in [3.63, 3.8) is 0 Å². The summed E-state index contributed by atoms with van der Waals surface area (Å²) in [6, 6.07) is 0.867. The maximum atomic E-state index is 12.9. The van der Waals surface area contributed by atoms with Gasteiger partial charge in [0.15, 0.2) is 0 Å². The van der Waals surface area contributed by atoms with Crippen molar-refractivity contribution in [3.8, 4) is 0 Å². The second-order valence-corrected chi connectivity index (χ2v) is 5.96. The zero-order valence-electron chi connectivity index (χ0n) is 14.1. The number of H-pyrrole nitrogens is 2. The topological polar surface area (TPSA) is 115 Å². The molecule has 27 heavy (non-hydrogen) atoms. The lowest BCUT2D eigenvalue weighted by Crippen LogP contribution is -2.50. The Hall–Kier alpha value is -3.18. The Balaban J connectivity index is 1.74. The molecule has 0 radical (unpaired) electrons. The lowest BCUT2D eigenvalue weighted by molar-refractivity contribution is -0.141. The minimum atomic E-state index is -4.58. The van der Waals surface area contributed by atoms with Crippen LogP contribution >= 0.6 is 0 Å². The van der Waals surface area contributed by atoms with E-state index in [9.17, 15) is 27.6 Å². The largest absolute Gasteiger partial charge is 0.433 e. The molecule has 9 nitrogen and oxygen atoms in total. The zero-order valence-corrected chi connectivity index (χ0v) is 14.1. The third kappa shape index (κ3) is 3.99. The monoisotopic (exact) mass is 384 g/mol. The molecule has 1 fully saturated rings. The highest BCUT2D eigenvalue weighted by Gasteiger charge is 2.34. The van der Waals surface area contributed by atoms with Gasteiger partial charge in [-0.2, -0.15) is 13.2 Å². The van der Waals surface area contributed by atoms with Gasteiger partial charge in [-0.15, -0.1) is 0 Å². The molecule has 1 amide bonds. The number of anilines is 1. The second-order valence-electron chi connectivity index (χ2n) is 5.96. The summed E-state index contributed by atoms with van der Waals surface area (Å²) in [4.78, 5) is 49.9. The van der Waals surface area contributed by atoms with Gasteiger partial charge in [0.25, 0.3) is 11.5 Å². The maximum absolute atomic E-state index is 12.9. The molecule has 3 rings (SSSR count). The van der Waals surface area contributed by atoms with E-state index in [-0.39, 0.29) is 43.4 Å². The highest BCUT2D eigenvalue weighted by Crippen LogP contribution is 2.29. The van der Waals surface area contributed by atoms with E-state index in [0.717, 1.165) is 12.3 Å². The van der Waals surface area contributed by atoms with Gasteiger partial charge in [-0.1, -0.05) is 0 Å². The summed E-state index contributed by atoms with van der Waals surface area (Å²) in [5.74, 6) is -0.635. The lowest BCUT2D eigenvalue weighted by atomic mass is 10.2. The summed E-state index contributed by atoms with van der Waals surface area (Å²) in [5.41, 5.74) is -2.58. The fourth-order valence-corrected chi connectivity index (χ4v) is 2.69. The average molecular weight is 384 g/mol. The number of carbonyl (C=O) groups excluding carboxylic acids is 1. The van der Waals surface area contributed by atoms with E-state index < -0.39 is 29.0 Å².